The van der Waals surface area contributed by atoms with Crippen molar-refractivity contribution < 1.29 is 23.0 Å². The Morgan fingerprint density at radius 3 is 2.39 bits per heavy atom. The van der Waals surface area contributed by atoms with E-state index in [4.69, 9.17) is 4.74 Å². The summed E-state index contributed by atoms with van der Waals surface area (Å²) >= 11 is 0. The number of hydrogen-bond acceptors (Lipinski definition) is 4. The number of pyridine rings is 1. The number of aliphatic hydroxyl groups is 1. The molecule has 0 saturated carbocycles. The van der Waals surface area contributed by atoms with E-state index in [1.807, 2.05) is 37.3 Å². The molecule has 0 radical (unpaired) electrons. The summed E-state index contributed by atoms with van der Waals surface area (Å²) in [5.74, 6) is 0.282. The van der Waals surface area contributed by atoms with Gasteiger partial charge in [-0.1, -0.05) is 30.3 Å². The fourth-order valence-corrected chi connectivity index (χ4v) is 3.25. The molecule has 7 heteroatoms. The Bertz CT molecular complexity index is 947. The summed E-state index contributed by atoms with van der Waals surface area (Å²) in [6.45, 7) is 3.59. The van der Waals surface area contributed by atoms with Crippen LogP contribution in [0.1, 0.15) is 22.3 Å². The van der Waals surface area contributed by atoms with Crippen LogP contribution in [0.5, 0.6) is 5.75 Å². The minimum Gasteiger partial charge on any atom is -0.491 e. The van der Waals surface area contributed by atoms with Gasteiger partial charge in [0.05, 0.1) is 5.56 Å². The fourth-order valence-electron chi connectivity index (χ4n) is 3.25. The Hall–Kier alpha value is -2.90. The van der Waals surface area contributed by atoms with Gasteiger partial charge in [-0.25, -0.2) is 0 Å². The maximum atomic E-state index is 12.7. The van der Waals surface area contributed by atoms with Gasteiger partial charge in [-0.3, -0.25) is 9.88 Å². The number of aromatic nitrogens is 1. The number of halogens is 3. The predicted octanol–water partition coefficient (Wildman–Crippen LogP) is 4.85. The summed E-state index contributed by atoms with van der Waals surface area (Å²) in [7, 11) is 0. The molecule has 0 aliphatic carbocycles. The molecule has 31 heavy (non-hydrogen) atoms. The highest BCUT2D eigenvalue weighted by molar-refractivity contribution is 5.29. The molecule has 0 amide bonds. The first kappa shape index (κ1) is 22.8. The van der Waals surface area contributed by atoms with Crippen molar-refractivity contribution in [1.29, 1.82) is 0 Å². The molecule has 0 saturated heterocycles. The van der Waals surface area contributed by atoms with E-state index in [-0.39, 0.29) is 12.4 Å². The van der Waals surface area contributed by atoms with Crippen LogP contribution in [0.15, 0.2) is 73.1 Å². The van der Waals surface area contributed by atoms with E-state index in [0.29, 0.717) is 19.6 Å². The quantitative estimate of drug-likeness (QED) is 0.527. The topological polar surface area (TPSA) is 45.6 Å². The highest BCUT2D eigenvalue weighted by atomic mass is 19.4. The SMILES string of the molecule is Cc1ccccc1CN(Cc1cccnc1)CC(O)COc1ccc(C(F)(F)F)cc1. The fraction of sp³-hybridized carbons (Fsp3) is 0.292. The van der Waals surface area contributed by atoms with E-state index in [9.17, 15) is 18.3 Å². The molecule has 0 bridgehead atoms. The number of aliphatic hydroxyl groups excluding tert-OH is 1. The van der Waals surface area contributed by atoms with Crippen molar-refractivity contribution in [2.75, 3.05) is 13.2 Å². The maximum Gasteiger partial charge on any atom is 0.416 e. The van der Waals surface area contributed by atoms with E-state index in [1.165, 1.54) is 12.1 Å². The van der Waals surface area contributed by atoms with Gasteiger partial charge < -0.3 is 9.84 Å². The third kappa shape index (κ3) is 7.08. The molecule has 2 aromatic carbocycles. The molecule has 1 aromatic heterocycles. The number of ether oxygens (including phenoxy) is 1. The largest absolute Gasteiger partial charge is 0.491 e. The number of aryl methyl sites for hydroxylation is 1. The van der Waals surface area contributed by atoms with Gasteiger partial charge in [-0.2, -0.15) is 13.2 Å². The van der Waals surface area contributed by atoms with Crippen LogP contribution in [0.2, 0.25) is 0 Å². The van der Waals surface area contributed by atoms with Crippen LogP contribution >= 0.6 is 0 Å². The molecule has 164 valence electrons. The number of hydrogen-bond donors (Lipinski definition) is 1. The molecular formula is C24H25F3N2O2. The third-order valence-electron chi connectivity index (χ3n) is 4.88. The van der Waals surface area contributed by atoms with Gasteiger partial charge in [0.1, 0.15) is 18.5 Å². The molecule has 1 N–H and O–H groups in total. The number of alkyl halides is 3. The molecule has 0 aliphatic rings. The summed E-state index contributed by atoms with van der Waals surface area (Å²) in [4.78, 5) is 6.25. The summed E-state index contributed by atoms with van der Waals surface area (Å²) < 4.78 is 43.5. The van der Waals surface area contributed by atoms with Crippen LogP contribution in [0.3, 0.4) is 0 Å². The standard InChI is InChI=1S/C24H25F3N2O2/c1-18-5-2-3-7-20(18)15-29(14-19-6-4-12-28-13-19)16-22(30)17-31-23-10-8-21(9-11-23)24(25,26)27/h2-13,22,30H,14-17H2,1H3. The van der Waals surface area contributed by atoms with Crippen molar-refractivity contribution in [2.24, 2.45) is 0 Å². The van der Waals surface area contributed by atoms with Crippen molar-refractivity contribution in [3.63, 3.8) is 0 Å². The molecule has 3 rings (SSSR count). The second-order valence-corrected chi connectivity index (χ2v) is 7.44. The Morgan fingerprint density at radius 2 is 1.74 bits per heavy atom. The molecule has 0 aliphatic heterocycles. The van der Waals surface area contributed by atoms with Gasteiger partial charge in [0.15, 0.2) is 0 Å². The van der Waals surface area contributed by atoms with Crippen LogP contribution < -0.4 is 4.74 Å². The lowest BCUT2D eigenvalue weighted by molar-refractivity contribution is -0.137. The van der Waals surface area contributed by atoms with Gasteiger partial charge >= 0.3 is 6.18 Å². The molecule has 1 unspecified atom stereocenters. The number of nitrogens with zero attached hydrogens (tertiary/aromatic N) is 2. The number of rotatable bonds is 9. The zero-order chi connectivity index (χ0) is 22.3. The van der Waals surface area contributed by atoms with Crippen molar-refractivity contribution in [1.82, 2.24) is 9.88 Å². The zero-order valence-corrected chi connectivity index (χ0v) is 17.2. The lowest BCUT2D eigenvalue weighted by atomic mass is 10.1. The van der Waals surface area contributed by atoms with Crippen molar-refractivity contribution >= 4 is 0 Å². The zero-order valence-electron chi connectivity index (χ0n) is 17.2. The first-order valence-corrected chi connectivity index (χ1v) is 9.95. The third-order valence-corrected chi connectivity index (χ3v) is 4.88. The van der Waals surface area contributed by atoms with E-state index < -0.39 is 17.8 Å². The smallest absolute Gasteiger partial charge is 0.416 e. The highest BCUT2D eigenvalue weighted by Crippen LogP contribution is 2.30. The molecule has 0 fully saturated rings. The molecule has 1 atom stereocenters. The molecular weight excluding hydrogens is 405 g/mol. The minimum absolute atomic E-state index is 0.0251. The van der Waals surface area contributed by atoms with E-state index in [1.54, 1.807) is 12.4 Å². The predicted molar refractivity (Wildman–Crippen MR) is 112 cm³/mol. The molecule has 1 heterocycles. The second kappa shape index (κ2) is 10.4. The van der Waals surface area contributed by atoms with Gasteiger partial charge in [-0.05, 0) is 53.9 Å². The monoisotopic (exact) mass is 430 g/mol. The van der Waals surface area contributed by atoms with Crippen molar-refractivity contribution in [3.8, 4) is 5.75 Å². The van der Waals surface area contributed by atoms with Crippen molar-refractivity contribution in [3.05, 3.63) is 95.3 Å². The summed E-state index contributed by atoms with van der Waals surface area (Å²) in [5.41, 5.74) is 2.60. The highest BCUT2D eigenvalue weighted by Gasteiger charge is 2.30. The van der Waals surface area contributed by atoms with E-state index in [2.05, 4.69) is 16.0 Å². The number of benzene rings is 2. The van der Waals surface area contributed by atoms with Crippen LogP contribution in [-0.4, -0.2) is 34.2 Å². The summed E-state index contributed by atoms with van der Waals surface area (Å²) in [6.07, 6.45) is -1.71. The Balaban J connectivity index is 1.62. The average molecular weight is 430 g/mol. The Morgan fingerprint density at radius 1 is 1.00 bits per heavy atom. The van der Waals surface area contributed by atoms with Gasteiger partial charge in [0.2, 0.25) is 0 Å². The van der Waals surface area contributed by atoms with Crippen LogP contribution in [0.4, 0.5) is 13.2 Å². The van der Waals surface area contributed by atoms with Crippen LogP contribution in [-0.2, 0) is 19.3 Å². The minimum atomic E-state index is -4.39. The van der Waals surface area contributed by atoms with Gasteiger partial charge in [-0.15, -0.1) is 0 Å². The maximum absolute atomic E-state index is 12.7. The summed E-state index contributed by atoms with van der Waals surface area (Å²) in [6, 6.07) is 16.4. The van der Waals surface area contributed by atoms with Gasteiger partial charge in [0, 0.05) is 32.0 Å². The molecule has 4 nitrogen and oxygen atoms in total. The average Bonchev–Trinajstić information content (AvgIpc) is 2.74. The lowest BCUT2D eigenvalue weighted by Gasteiger charge is -2.26. The first-order valence-electron chi connectivity index (χ1n) is 9.95. The van der Waals surface area contributed by atoms with E-state index >= 15 is 0 Å². The van der Waals surface area contributed by atoms with Crippen LogP contribution in [0, 0.1) is 6.92 Å². The van der Waals surface area contributed by atoms with Crippen LogP contribution in [0.25, 0.3) is 0 Å². The lowest BCUT2D eigenvalue weighted by Crippen LogP contribution is -2.35. The Kier molecular flexibility index (Phi) is 7.65. The first-order chi connectivity index (χ1) is 14.8. The Labute approximate surface area is 179 Å². The molecule has 3 aromatic rings. The van der Waals surface area contributed by atoms with Gasteiger partial charge in [0.25, 0.3) is 0 Å². The van der Waals surface area contributed by atoms with E-state index in [0.717, 1.165) is 28.8 Å². The van der Waals surface area contributed by atoms with Crippen molar-refractivity contribution in [2.45, 2.75) is 32.3 Å². The molecule has 0 spiro atoms. The second-order valence-electron chi connectivity index (χ2n) is 7.44. The normalized spacial score (nSPS) is 12.7. The summed E-state index contributed by atoms with van der Waals surface area (Å²) in [5, 5.41) is 10.5.